The summed E-state index contributed by atoms with van der Waals surface area (Å²) in [5.41, 5.74) is 5.46. The number of aromatic amines is 1. The van der Waals surface area contributed by atoms with Crippen molar-refractivity contribution in [3.63, 3.8) is 0 Å². The van der Waals surface area contributed by atoms with Crippen LogP contribution in [0, 0.1) is 0 Å². The molecule has 1 amide bonds. The topological polar surface area (TPSA) is 144 Å². The first-order valence-electron chi connectivity index (χ1n) is 11.2. The molecule has 0 saturated carbocycles. The van der Waals surface area contributed by atoms with Crippen LogP contribution in [0.4, 0.5) is 17.3 Å². The largest absolute Gasteiger partial charge is 0.452 e. The lowest BCUT2D eigenvalue weighted by molar-refractivity contribution is -0.121. The number of amides is 1. The fourth-order valence-corrected chi connectivity index (χ4v) is 3.99. The van der Waals surface area contributed by atoms with Crippen LogP contribution in [-0.2, 0) is 16.1 Å². The van der Waals surface area contributed by atoms with Gasteiger partial charge in [-0.15, -0.1) is 0 Å². The molecule has 2 aromatic heterocycles. The Bertz CT molecular complexity index is 1340. The minimum absolute atomic E-state index is 0.104. The van der Waals surface area contributed by atoms with Crippen molar-refractivity contribution in [3.05, 3.63) is 80.6 Å². The van der Waals surface area contributed by atoms with Crippen molar-refractivity contribution in [2.75, 3.05) is 42.3 Å². The molecule has 1 aliphatic rings. The van der Waals surface area contributed by atoms with Gasteiger partial charge in [-0.25, -0.2) is 14.6 Å². The van der Waals surface area contributed by atoms with Crippen LogP contribution >= 0.6 is 0 Å². The third-order valence-corrected chi connectivity index (χ3v) is 5.85. The number of esters is 1. The van der Waals surface area contributed by atoms with E-state index in [1.54, 1.807) is 30.5 Å². The van der Waals surface area contributed by atoms with Gasteiger partial charge in [0.1, 0.15) is 17.2 Å². The molecule has 0 unspecified atom stereocenters. The normalized spacial score (nSPS) is 13.0. The van der Waals surface area contributed by atoms with E-state index in [0.29, 0.717) is 5.82 Å². The summed E-state index contributed by atoms with van der Waals surface area (Å²) >= 11 is 0. The lowest BCUT2D eigenvalue weighted by Gasteiger charge is -2.21. The molecule has 3 N–H and O–H groups in total. The van der Waals surface area contributed by atoms with E-state index in [4.69, 9.17) is 10.5 Å². The van der Waals surface area contributed by atoms with E-state index in [-0.39, 0.29) is 23.6 Å². The average molecular weight is 479 g/mol. The number of nitrogens with one attached hydrogen (secondary N) is 1. The summed E-state index contributed by atoms with van der Waals surface area (Å²) in [6, 6.07) is 12.3. The Morgan fingerprint density at radius 2 is 1.83 bits per heavy atom. The van der Waals surface area contributed by atoms with Crippen molar-refractivity contribution in [2.45, 2.75) is 19.4 Å². The number of ether oxygens (including phenoxy) is 1. The molecule has 0 aliphatic carbocycles. The summed E-state index contributed by atoms with van der Waals surface area (Å²) in [5, 5.41) is 0. The van der Waals surface area contributed by atoms with Crippen molar-refractivity contribution in [2.24, 2.45) is 0 Å². The summed E-state index contributed by atoms with van der Waals surface area (Å²) in [7, 11) is 1.33. The zero-order valence-corrected chi connectivity index (χ0v) is 19.3. The van der Waals surface area contributed by atoms with Crippen LogP contribution in [0.15, 0.2) is 58.3 Å². The number of pyridine rings is 1. The Kier molecular flexibility index (Phi) is 6.95. The number of hydrogen-bond acceptors (Lipinski definition) is 8. The highest BCUT2D eigenvalue weighted by atomic mass is 16.5. The molecule has 182 valence electrons. The molecule has 0 bridgehead atoms. The highest BCUT2D eigenvalue weighted by Crippen LogP contribution is 2.23. The Labute approximate surface area is 200 Å². The number of benzene rings is 1. The van der Waals surface area contributed by atoms with E-state index < -0.39 is 29.7 Å². The van der Waals surface area contributed by atoms with Crippen LogP contribution in [0.2, 0.25) is 0 Å². The summed E-state index contributed by atoms with van der Waals surface area (Å²) in [4.78, 5) is 59.9. The van der Waals surface area contributed by atoms with Gasteiger partial charge in [-0.1, -0.05) is 30.3 Å². The maximum Gasteiger partial charge on any atom is 0.342 e. The molecule has 1 aliphatic heterocycles. The van der Waals surface area contributed by atoms with Gasteiger partial charge in [-0.3, -0.25) is 19.1 Å². The molecule has 0 spiro atoms. The molecular weight excluding hydrogens is 452 g/mol. The molecular formula is C24H26N6O5. The van der Waals surface area contributed by atoms with Crippen LogP contribution in [0.1, 0.15) is 28.8 Å². The molecule has 0 radical (unpaired) electrons. The van der Waals surface area contributed by atoms with Crippen molar-refractivity contribution in [1.29, 1.82) is 0 Å². The fourth-order valence-electron chi connectivity index (χ4n) is 3.99. The second-order valence-corrected chi connectivity index (χ2v) is 8.16. The van der Waals surface area contributed by atoms with E-state index in [1.165, 1.54) is 11.6 Å². The quantitative estimate of drug-likeness (QED) is 0.479. The van der Waals surface area contributed by atoms with Crippen molar-refractivity contribution in [3.8, 4) is 0 Å². The summed E-state index contributed by atoms with van der Waals surface area (Å²) in [5.74, 6) is -1.04. The lowest BCUT2D eigenvalue weighted by atomic mass is 10.2. The Balaban J connectivity index is 1.50. The predicted molar refractivity (Wildman–Crippen MR) is 131 cm³/mol. The Morgan fingerprint density at radius 3 is 2.54 bits per heavy atom. The van der Waals surface area contributed by atoms with Crippen molar-refractivity contribution < 1.29 is 14.3 Å². The fraction of sp³-hybridized carbons (Fsp3) is 0.292. The van der Waals surface area contributed by atoms with Crippen LogP contribution in [0.5, 0.6) is 0 Å². The third kappa shape index (κ3) is 5.08. The minimum Gasteiger partial charge on any atom is -0.452 e. The summed E-state index contributed by atoms with van der Waals surface area (Å²) in [6.07, 6.45) is 3.62. The van der Waals surface area contributed by atoms with E-state index in [2.05, 4.69) is 9.97 Å². The van der Waals surface area contributed by atoms with Crippen LogP contribution in [0.25, 0.3) is 0 Å². The first kappa shape index (κ1) is 23.7. The monoisotopic (exact) mass is 478 g/mol. The van der Waals surface area contributed by atoms with E-state index >= 15 is 0 Å². The van der Waals surface area contributed by atoms with Gasteiger partial charge in [-0.2, -0.15) is 0 Å². The molecule has 11 nitrogen and oxygen atoms in total. The molecule has 1 saturated heterocycles. The number of anilines is 3. The van der Waals surface area contributed by atoms with Gasteiger partial charge in [-0.05, 0) is 30.5 Å². The number of H-pyrrole nitrogens is 1. The first-order valence-corrected chi connectivity index (χ1v) is 11.2. The second kappa shape index (κ2) is 10.2. The number of carbonyl (C=O) groups excluding carboxylic acids is 2. The average Bonchev–Trinajstić information content (AvgIpc) is 3.40. The molecule has 3 heterocycles. The zero-order valence-electron chi connectivity index (χ0n) is 19.3. The zero-order chi connectivity index (χ0) is 24.9. The number of nitrogens with two attached hydrogens (primary N) is 1. The first-order chi connectivity index (χ1) is 16.9. The smallest absolute Gasteiger partial charge is 0.342 e. The van der Waals surface area contributed by atoms with Crippen molar-refractivity contribution in [1.82, 2.24) is 14.5 Å². The number of likely N-dealkylation sites (N-methyl/N-ethyl adjacent to an activating group) is 1. The number of nitrogen functional groups attached to an aromatic ring is 1. The van der Waals surface area contributed by atoms with Gasteiger partial charge >= 0.3 is 11.7 Å². The van der Waals surface area contributed by atoms with Gasteiger partial charge in [0.05, 0.1) is 6.54 Å². The van der Waals surface area contributed by atoms with Gasteiger partial charge in [0.2, 0.25) is 0 Å². The maximum atomic E-state index is 12.8. The van der Waals surface area contributed by atoms with Crippen LogP contribution in [-0.4, -0.2) is 53.2 Å². The van der Waals surface area contributed by atoms with Gasteiger partial charge < -0.3 is 20.3 Å². The number of nitrogens with zero attached hydrogens (tertiary/aromatic N) is 4. The molecule has 0 atom stereocenters. The molecule has 35 heavy (non-hydrogen) atoms. The van der Waals surface area contributed by atoms with Crippen LogP contribution in [0.3, 0.4) is 0 Å². The van der Waals surface area contributed by atoms with Crippen LogP contribution < -0.4 is 26.8 Å². The van der Waals surface area contributed by atoms with Gasteiger partial charge in [0.15, 0.2) is 12.3 Å². The number of carbonyl (C=O) groups is 2. The second-order valence-electron chi connectivity index (χ2n) is 8.16. The molecule has 1 aromatic carbocycles. The van der Waals surface area contributed by atoms with E-state index in [0.717, 1.165) is 36.4 Å². The van der Waals surface area contributed by atoms with E-state index in [9.17, 15) is 19.2 Å². The maximum absolute atomic E-state index is 12.8. The lowest BCUT2D eigenvalue weighted by Crippen LogP contribution is -2.40. The highest BCUT2D eigenvalue weighted by molar-refractivity contribution is 5.99. The molecule has 4 rings (SSSR count). The standard InChI is InChI=1S/C24H26N6O5/c1-28(19-20(25)30(24(34)27-22(19)32)14-16-8-3-2-4-9-16)18(31)15-35-23(33)17-10-7-11-26-21(17)29-12-5-6-13-29/h2-4,7-11H,5-6,12-15,25H2,1H3,(H,27,32,34). The Morgan fingerprint density at radius 1 is 1.11 bits per heavy atom. The minimum atomic E-state index is -0.817. The molecule has 11 heteroatoms. The highest BCUT2D eigenvalue weighted by Gasteiger charge is 2.25. The summed E-state index contributed by atoms with van der Waals surface area (Å²) < 4.78 is 6.41. The molecule has 1 fully saturated rings. The summed E-state index contributed by atoms with van der Waals surface area (Å²) in [6.45, 7) is 1.06. The number of rotatable bonds is 7. The predicted octanol–water partition coefficient (Wildman–Crippen LogP) is 0.982. The third-order valence-electron chi connectivity index (χ3n) is 5.85. The van der Waals surface area contributed by atoms with Gasteiger partial charge in [0.25, 0.3) is 11.5 Å². The van der Waals surface area contributed by atoms with E-state index in [1.807, 2.05) is 23.1 Å². The van der Waals surface area contributed by atoms with Gasteiger partial charge in [0, 0.05) is 26.3 Å². The Hall–Kier alpha value is -4.41. The number of hydrogen-bond donors (Lipinski definition) is 2. The van der Waals surface area contributed by atoms with Crippen molar-refractivity contribution >= 4 is 29.2 Å². The number of aromatic nitrogens is 3. The SMILES string of the molecule is CN(C(=O)COC(=O)c1cccnc1N1CCCC1)c1c(N)n(Cc2ccccc2)c(=O)[nH]c1=O. The molecule has 3 aromatic rings.